The molecule has 2 N–H and O–H groups in total. The molecule has 0 saturated carbocycles. The van der Waals surface area contributed by atoms with Crippen LogP contribution in [0.25, 0.3) is 0 Å². The molecule has 3 rings (SSSR count). The van der Waals surface area contributed by atoms with E-state index in [1.807, 2.05) is 30.3 Å². The summed E-state index contributed by atoms with van der Waals surface area (Å²) in [7, 11) is -4.46. The summed E-state index contributed by atoms with van der Waals surface area (Å²) in [6, 6.07) is 26.4. The van der Waals surface area contributed by atoms with Gasteiger partial charge in [-0.1, -0.05) is 91.0 Å². The molecule has 3 aromatic rings. The van der Waals surface area contributed by atoms with Crippen molar-refractivity contribution in [2.75, 3.05) is 5.75 Å². The van der Waals surface area contributed by atoms with Gasteiger partial charge in [0, 0.05) is 0 Å². The predicted octanol–water partition coefficient (Wildman–Crippen LogP) is 3.74. The maximum absolute atomic E-state index is 12.7. The summed E-state index contributed by atoms with van der Waals surface area (Å²) < 4.78 is 38.8. The second kappa shape index (κ2) is 8.89. The van der Waals surface area contributed by atoms with Gasteiger partial charge in [0.1, 0.15) is 17.9 Å². The van der Waals surface area contributed by atoms with Crippen LogP contribution in [0.2, 0.25) is 0 Å². The number of benzene rings is 3. The van der Waals surface area contributed by atoms with Crippen LogP contribution < -0.4 is 5.32 Å². The van der Waals surface area contributed by atoms with Crippen LogP contribution in [0.15, 0.2) is 91.0 Å². The van der Waals surface area contributed by atoms with Gasteiger partial charge in [-0.25, -0.2) is 4.79 Å². The first-order chi connectivity index (χ1) is 13.9. The number of carbonyl (C=O) groups is 1. The molecule has 3 aromatic carbocycles. The van der Waals surface area contributed by atoms with Gasteiger partial charge < -0.3 is 10.1 Å². The van der Waals surface area contributed by atoms with Crippen molar-refractivity contribution in [2.45, 2.75) is 12.1 Å². The van der Waals surface area contributed by atoms with Crippen LogP contribution in [-0.4, -0.2) is 24.8 Å². The van der Waals surface area contributed by atoms with E-state index in [-0.39, 0.29) is 6.61 Å². The standard InChI is InChI=1S/C22H21NO5S/c24-21(28-16-18-10-4-1-5-11-18)23-22(17-29(25,26)27,19-12-6-2-7-13-19)20-14-8-3-9-15-20/h1-15H,16-17H2,(H,23,24)(H,25,26,27). The Labute approximate surface area is 169 Å². The Morgan fingerprint density at radius 2 is 1.28 bits per heavy atom. The summed E-state index contributed by atoms with van der Waals surface area (Å²) >= 11 is 0. The summed E-state index contributed by atoms with van der Waals surface area (Å²) in [5, 5.41) is 2.69. The smallest absolute Gasteiger partial charge is 0.408 e. The molecule has 6 nitrogen and oxygen atoms in total. The van der Waals surface area contributed by atoms with E-state index in [2.05, 4.69) is 5.32 Å². The van der Waals surface area contributed by atoms with Gasteiger partial charge >= 0.3 is 6.09 Å². The Balaban J connectivity index is 1.98. The van der Waals surface area contributed by atoms with Crippen LogP contribution in [0.1, 0.15) is 16.7 Å². The fourth-order valence-electron chi connectivity index (χ4n) is 3.17. The number of alkyl carbamates (subject to hydrolysis) is 1. The molecule has 150 valence electrons. The van der Waals surface area contributed by atoms with Gasteiger partial charge in [-0.2, -0.15) is 8.42 Å². The number of hydrogen-bond donors (Lipinski definition) is 2. The molecule has 1 amide bonds. The van der Waals surface area contributed by atoms with Gasteiger partial charge in [-0.15, -0.1) is 0 Å². The maximum atomic E-state index is 12.7. The van der Waals surface area contributed by atoms with Crippen LogP contribution >= 0.6 is 0 Å². The molecular weight excluding hydrogens is 390 g/mol. The van der Waals surface area contributed by atoms with Crippen molar-refractivity contribution in [3.63, 3.8) is 0 Å². The van der Waals surface area contributed by atoms with Crippen LogP contribution in [-0.2, 0) is 27.0 Å². The zero-order valence-corrected chi connectivity index (χ0v) is 16.4. The Hall–Kier alpha value is -3.16. The lowest BCUT2D eigenvalue weighted by Gasteiger charge is -2.34. The topological polar surface area (TPSA) is 92.7 Å². The third kappa shape index (κ3) is 5.43. The van der Waals surface area contributed by atoms with Crippen LogP contribution in [0, 0.1) is 0 Å². The highest BCUT2D eigenvalue weighted by Gasteiger charge is 2.40. The highest BCUT2D eigenvalue weighted by molar-refractivity contribution is 7.85. The molecule has 0 fully saturated rings. The molecule has 0 aliphatic heterocycles. The van der Waals surface area contributed by atoms with Crippen molar-refractivity contribution in [3.8, 4) is 0 Å². The lowest BCUT2D eigenvalue weighted by atomic mass is 9.84. The largest absolute Gasteiger partial charge is 0.445 e. The minimum absolute atomic E-state index is 0.0260. The third-order valence-corrected chi connectivity index (χ3v) is 5.26. The predicted molar refractivity (Wildman–Crippen MR) is 110 cm³/mol. The van der Waals surface area contributed by atoms with Gasteiger partial charge in [0.15, 0.2) is 0 Å². The Morgan fingerprint density at radius 1 is 0.828 bits per heavy atom. The Morgan fingerprint density at radius 3 is 1.72 bits per heavy atom. The lowest BCUT2D eigenvalue weighted by molar-refractivity contribution is 0.131. The average Bonchev–Trinajstić information content (AvgIpc) is 2.73. The second-order valence-electron chi connectivity index (χ2n) is 6.55. The Bertz CT molecular complexity index is 999. The normalized spacial score (nSPS) is 11.6. The average molecular weight is 411 g/mol. The molecule has 0 aliphatic rings. The molecule has 0 radical (unpaired) electrons. The first kappa shape index (κ1) is 20.6. The minimum atomic E-state index is -4.46. The molecule has 0 unspecified atom stereocenters. The van der Waals surface area contributed by atoms with Gasteiger partial charge in [-0.05, 0) is 16.7 Å². The zero-order valence-electron chi connectivity index (χ0n) is 15.6. The zero-order chi connectivity index (χ0) is 20.7. The van der Waals surface area contributed by atoms with Crippen molar-refractivity contribution in [2.24, 2.45) is 0 Å². The molecule has 7 heteroatoms. The van der Waals surface area contributed by atoms with Crippen molar-refractivity contribution < 1.29 is 22.5 Å². The number of nitrogens with one attached hydrogen (secondary N) is 1. The van der Waals surface area contributed by atoms with Gasteiger partial charge in [-0.3, -0.25) is 4.55 Å². The molecule has 0 bridgehead atoms. The SMILES string of the molecule is O=C(NC(CS(=O)(=O)O)(c1ccccc1)c1ccccc1)OCc1ccccc1. The molecule has 0 atom stereocenters. The van der Waals surface area contributed by atoms with Crippen LogP contribution in [0.5, 0.6) is 0 Å². The molecule has 0 aliphatic carbocycles. The molecule has 0 saturated heterocycles. The van der Waals surface area contributed by atoms with E-state index in [4.69, 9.17) is 4.74 Å². The fraction of sp³-hybridized carbons (Fsp3) is 0.136. The van der Waals surface area contributed by atoms with Gasteiger partial charge in [0.05, 0.1) is 0 Å². The number of rotatable bonds is 7. The van der Waals surface area contributed by atoms with E-state index < -0.39 is 27.5 Å². The highest BCUT2D eigenvalue weighted by Crippen LogP contribution is 2.31. The van der Waals surface area contributed by atoms with Crippen LogP contribution in [0.4, 0.5) is 4.79 Å². The first-order valence-corrected chi connectivity index (χ1v) is 10.5. The summed E-state index contributed by atoms with van der Waals surface area (Å²) in [6.45, 7) is 0.0260. The van der Waals surface area contributed by atoms with E-state index in [1.165, 1.54) is 0 Å². The van der Waals surface area contributed by atoms with Crippen molar-refractivity contribution in [1.82, 2.24) is 5.32 Å². The first-order valence-electron chi connectivity index (χ1n) is 8.94. The lowest BCUT2D eigenvalue weighted by Crippen LogP contribution is -2.51. The molecule has 0 spiro atoms. The fourth-order valence-corrected chi connectivity index (χ4v) is 4.12. The van der Waals surface area contributed by atoms with Crippen LogP contribution in [0.3, 0.4) is 0 Å². The van der Waals surface area contributed by atoms with E-state index >= 15 is 0 Å². The van der Waals surface area contributed by atoms with Crippen molar-refractivity contribution in [3.05, 3.63) is 108 Å². The minimum Gasteiger partial charge on any atom is -0.445 e. The van der Waals surface area contributed by atoms with E-state index in [9.17, 15) is 17.8 Å². The molecule has 29 heavy (non-hydrogen) atoms. The number of amides is 1. The van der Waals surface area contributed by atoms with E-state index in [0.717, 1.165) is 5.56 Å². The summed E-state index contributed by atoms with van der Waals surface area (Å²) in [5.41, 5.74) is 0.271. The van der Waals surface area contributed by atoms with E-state index in [0.29, 0.717) is 11.1 Å². The summed E-state index contributed by atoms with van der Waals surface area (Å²) in [4.78, 5) is 12.7. The molecular formula is C22H21NO5S. The number of hydrogen-bond acceptors (Lipinski definition) is 4. The van der Waals surface area contributed by atoms with Crippen molar-refractivity contribution >= 4 is 16.2 Å². The number of ether oxygens (including phenoxy) is 1. The second-order valence-corrected chi connectivity index (χ2v) is 8.00. The quantitative estimate of drug-likeness (QED) is 0.578. The molecule has 0 aromatic heterocycles. The van der Waals surface area contributed by atoms with Gasteiger partial charge in [0.25, 0.3) is 10.1 Å². The maximum Gasteiger partial charge on any atom is 0.408 e. The van der Waals surface area contributed by atoms with Gasteiger partial charge in [0.2, 0.25) is 0 Å². The van der Waals surface area contributed by atoms with Crippen molar-refractivity contribution in [1.29, 1.82) is 0 Å². The summed E-state index contributed by atoms with van der Waals surface area (Å²) in [5.74, 6) is -0.742. The molecule has 0 heterocycles. The number of carbonyl (C=O) groups excluding carboxylic acids is 1. The summed E-state index contributed by atoms with van der Waals surface area (Å²) in [6.07, 6.45) is -0.801. The van der Waals surface area contributed by atoms with E-state index in [1.54, 1.807) is 60.7 Å². The third-order valence-electron chi connectivity index (χ3n) is 4.46. The highest BCUT2D eigenvalue weighted by atomic mass is 32.2. The Kier molecular flexibility index (Phi) is 6.31. The monoisotopic (exact) mass is 411 g/mol.